The minimum Gasteiger partial charge on any atom is -0.493 e. The highest BCUT2D eigenvalue weighted by Gasteiger charge is 2.09. The molecule has 0 saturated heterocycles. The van der Waals surface area contributed by atoms with E-state index in [4.69, 9.17) is 9.47 Å². The molecule has 4 nitrogen and oxygen atoms in total. The molecule has 0 heterocycles. The summed E-state index contributed by atoms with van der Waals surface area (Å²) in [5.41, 5.74) is 1.27. The molecule has 2 rings (SSSR count). The standard InChI is InChI=1S/C18H20FNO3/c1-3-23-16-9-8-13(10-17(16)22-2)12-20-18(21)11-14-6-4-5-7-15(14)19/h4-10H,3,11-12H2,1-2H3,(H,20,21). The summed E-state index contributed by atoms with van der Waals surface area (Å²) in [6.45, 7) is 2.79. The van der Waals surface area contributed by atoms with Crippen molar-refractivity contribution < 1.29 is 18.7 Å². The van der Waals surface area contributed by atoms with Gasteiger partial charge in [-0.3, -0.25) is 4.79 Å². The fraction of sp³-hybridized carbons (Fsp3) is 0.278. The summed E-state index contributed by atoms with van der Waals surface area (Å²) in [5, 5.41) is 2.78. The second kappa shape index (κ2) is 8.17. The van der Waals surface area contributed by atoms with Gasteiger partial charge in [0.2, 0.25) is 5.91 Å². The SMILES string of the molecule is CCOc1ccc(CNC(=O)Cc2ccccc2F)cc1OC. The highest BCUT2D eigenvalue weighted by atomic mass is 19.1. The number of carbonyl (C=O) groups excluding carboxylic acids is 1. The molecule has 0 spiro atoms. The number of carbonyl (C=O) groups is 1. The summed E-state index contributed by atoms with van der Waals surface area (Å²) >= 11 is 0. The quantitative estimate of drug-likeness (QED) is 0.853. The van der Waals surface area contributed by atoms with E-state index in [0.29, 0.717) is 30.2 Å². The Hall–Kier alpha value is -2.56. The van der Waals surface area contributed by atoms with Crippen LogP contribution in [0.1, 0.15) is 18.1 Å². The molecule has 0 bridgehead atoms. The first-order valence-electron chi connectivity index (χ1n) is 7.43. The van der Waals surface area contributed by atoms with Crippen LogP contribution in [-0.4, -0.2) is 19.6 Å². The summed E-state index contributed by atoms with van der Waals surface area (Å²) in [6.07, 6.45) is 0.0147. The third-order valence-electron chi connectivity index (χ3n) is 3.33. The fourth-order valence-electron chi connectivity index (χ4n) is 2.17. The first-order valence-corrected chi connectivity index (χ1v) is 7.43. The van der Waals surface area contributed by atoms with Crippen molar-refractivity contribution in [2.75, 3.05) is 13.7 Å². The molecule has 122 valence electrons. The van der Waals surface area contributed by atoms with Gasteiger partial charge in [0.25, 0.3) is 0 Å². The molecule has 2 aromatic carbocycles. The molecule has 0 aliphatic rings. The van der Waals surface area contributed by atoms with E-state index in [-0.39, 0.29) is 18.1 Å². The summed E-state index contributed by atoms with van der Waals surface area (Å²) < 4.78 is 24.2. The van der Waals surface area contributed by atoms with Crippen LogP contribution in [0, 0.1) is 5.82 Å². The normalized spacial score (nSPS) is 10.2. The molecule has 1 N–H and O–H groups in total. The molecular formula is C18H20FNO3. The van der Waals surface area contributed by atoms with Gasteiger partial charge in [0, 0.05) is 6.54 Å². The van der Waals surface area contributed by atoms with Crippen LogP contribution < -0.4 is 14.8 Å². The average Bonchev–Trinajstić information content (AvgIpc) is 2.56. The number of nitrogens with one attached hydrogen (secondary N) is 1. The largest absolute Gasteiger partial charge is 0.493 e. The smallest absolute Gasteiger partial charge is 0.224 e. The molecule has 0 aliphatic heterocycles. The molecular weight excluding hydrogens is 297 g/mol. The lowest BCUT2D eigenvalue weighted by Gasteiger charge is -2.11. The van der Waals surface area contributed by atoms with Crippen molar-refractivity contribution >= 4 is 5.91 Å². The first-order chi connectivity index (χ1) is 11.1. The third kappa shape index (κ3) is 4.71. The van der Waals surface area contributed by atoms with Gasteiger partial charge in [0.15, 0.2) is 11.5 Å². The van der Waals surface area contributed by atoms with Crippen LogP contribution in [-0.2, 0) is 17.8 Å². The predicted octanol–water partition coefficient (Wildman–Crippen LogP) is 3.09. The lowest BCUT2D eigenvalue weighted by Crippen LogP contribution is -2.24. The lowest BCUT2D eigenvalue weighted by atomic mass is 10.1. The van der Waals surface area contributed by atoms with Crippen molar-refractivity contribution in [3.63, 3.8) is 0 Å². The van der Waals surface area contributed by atoms with Crippen LogP contribution in [0.4, 0.5) is 4.39 Å². The lowest BCUT2D eigenvalue weighted by molar-refractivity contribution is -0.120. The Morgan fingerprint density at radius 1 is 1.17 bits per heavy atom. The Kier molecular flexibility index (Phi) is 5.97. The molecule has 2 aromatic rings. The maximum absolute atomic E-state index is 13.5. The highest BCUT2D eigenvalue weighted by Crippen LogP contribution is 2.27. The van der Waals surface area contributed by atoms with Gasteiger partial charge in [-0.05, 0) is 36.2 Å². The number of benzene rings is 2. The van der Waals surface area contributed by atoms with Gasteiger partial charge in [-0.15, -0.1) is 0 Å². The topological polar surface area (TPSA) is 47.6 Å². The monoisotopic (exact) mass is 317 g/mol. The van der Waals surface area contributed by atoms with E-state index in [9.17, 15) is 9.18 Å². The van der Waals surface area contributed by atoms with Gasteiger partial charge < -0.3 is 14.8 Å². The van der Waals surface area contributed by atoms with Crippen molar-refractivity contribution in [2.45, 2.75) is 19.9 Å². The van der Waals surface area contributed by atoms with E-state index < -0.39 is 0 Å². The van der Waals surface area contributed by atoms with Gasteiger partial charge in [0.05, 0.1) is 20.1 Å². The molecule has 5 heteroatoms. The van der Waals surface area contributed by atoms with E-state index in [1.807, 2.05) is 19.1 Å². The summed E-state index contributed by atoms with van der Waals surface area (Å²) in [7, 11) is 1.57. The van der Waals surface area contributed by atoms with Gasteiger partial charge in [-0.1, -0.05) is 24.3 Å². The molecule has 1 amide bonds. The molecule has 0 fully saturated rings. The van der Waals surface area contributed by atoms with Crippen molar-refractivity contribution in [3.8, 4) is 11.5 Å². The molecule has 0 radical (unpaired) electrons. The third-order valence-corrected chi connectivity index (χ3v) is 3.33. The summed E-state index contributed by atoms with van der Waals surface area (Å²) in [5.74, 6) is 0.678. The number of rotatable bonds is 7. The predicted molar refractivity (Wildman–Crippen MR) is 86.1 cm³/mol. The molecule has 0 aliphatic carbocycles. The molecule has 0 atom stereocenters. The first kappa shape index (κ1) is 16.8. The molecule has 0 unspecified atom stereocenters. The number of halogens is 1. The number of hydrogen-bond acceptors (Lipinski definition) is 3. The van der Waals surface area contributed by atoms with Crippen LogP contribution in [0.15, 0.2) is 42.5 Å². The zero-order valence-corrected chi connectivity index (χ0v) is 13.3. The van der Waals surface area contributed by atoms with Crippen LogP contribution >= 0.6 is 0 Å². The van der Waals surface area contributed by atoms with Gasteiger partial charge in [0.1, 0.15) is 5.82 Å². The molecule has 23 heavy (non-hydrogen) atoms. The zero-order chi connectivity index (χ0) is 16.7. The maximum Gasteiger partial charge on any atom is 0.224 e. The molecule has 0 saturated carbocycles. The van der Waals surface area contributed by atoms with Crippen molar-refractivity contribution in [2.24, 2.45) is 0 Å². The van der Waals surface area contributed by atoms with Crippen molar-refractivity contribution in [3.05, 3.63) is 59.4 Å². The minimum atomic E-state index is -0.370. The summed E-state index contributed by atoms with van der Waals surface area (Å²) in [6, 6.07) is 11.7. The van der Waals surface area contributed by atoms with Crippen LogP contribution in [0.3, 0.4) is 0 Å². The Balaban J connectivity index is 1.95. The van der Waals surface area contributed by atoms with Crippen LogP contribution in [0.2, 0.25) is 0 Å². The Morgan fingerprint density at radius 2 is 1.96 bits per heavy atom. The fourth-order valence-corrected chi connectivity index (χ4v) is 2.17. The van der Waals surface area contributed by atoms with Crippen molar-refractivity contribution in [1.29, 1.82) is 0 Å². The second-order valence-electron chi connectivity index (χ2n) is 4.96. The van der Waals surface area contributed by atoms with Gasteiger partial charge in [-0.2, -0.15) is 0 Å². The number of ether oxygens (including phenoxy) is 2. The Morgan fingerprint density at radius 3 is 2.65 bits per heavy atom. The number of hydrogen-bond donors (Lipinski definition) is 1. The van der Waals surface area contributed by atoms with Crippen molar-refractivity contribution in [1.82, 2.24) is 5.32 Å². The van der Waals surface area contributed by atoms with E-state index in [1.165, 1.54) is 6.07 Å². The highest BCUT2D eigenvalue weighted by molar-refractivity contribution is 5.78. The Bertz CT molecular complexity index is 673. The Labute approximate surface area is 135 Å². The van der Waals surface area contributed by atoms with Crippen LogP contribution in [0.25, 0.3) is 0 Å². The zero-order valence-electron chi connectivity index (χ0n) is 13.3. The summed E-state index contributed by atoms with van der Waals surface area (Å²) in [4.78, 5) is 11.9. The van der Waals surface area contributed by atoms with E-state index in [0.717, 1.165) is 5.56 Å². The van der Waals surface area contributed by atoms with E-state index in [1.54, 1.807) is 31.4 Å². The van der Waals surface area contributed by atoms with E-state index >= 15 is 0 Å². The average molecular weight is 317 g/mol. The van der Waals surface area contributed by atoms with E-state index in [2.05, 4.69) is 5.32 Å². The minimum absolute atomic E-state index is 0.0147. The second-order valence-corrected chi connectivity index (χ2v) is 4.96. The number of amides is 1. The van der Waals surface area contributed by atoms with Gasteiger partial charge in [-0.25, -0.2) is 4.39 Å². The number of methoxy groups -OCH3 is 1. The van der Waals surface area contributed by atoms with Crippen LogP contribution in [0.5, 0.6) is 11.5 Å². The molecule has 0 aromatic heterocycles. The van der Waals surface area contributed by atoms with Gasteiger partial charge >= 0.3 is 0 Å². The maximum atomic E-state index is 13.5.